The van der Waals surface area contributed by atoms with Gasteiger partial charge < -0.3 is 15.2 Å². The first-order valence-corrected chi connectivity index (χ1v) is 10.7. The molecule has 0 bridgehead atoms. The molecule has 3 rings (SSSR count). The van der Waals surface area contributed by atoms with Gasteiger partial charge in [0.1, 0.15) is 5.75 Å². The Kier molecular flexibility index (Phi) is 6.91. The largest absolute Gasteiger partial charge is 0.493 e. The van der Waals surface area contributed by atoms with Crippen LogP contribution >= 0.6 is 11.3 Å². The molecule has 4 nitrogen and oxygen atoms in total. The third-order valence-corrected chi connectivity index (χ3v) is 6.14. The molecule has 1 aromatic heterocycles. The highest BCUT2D eigenvalue weighted by Crippen LogP contribution is 2.49. The number of benzene rings is 1. The number of carbonyl (C=O) groups excluding carboxylic acids is 1. The molecule has 0 saturated heterocycles. The summed E-state index contributed by atoms with van der Waals surface area (Å²) in [4.78, 5) is 13.8. The van der Waals surface area contributed by atoms with Crippen LogP contribution in [0.5, 0.6) is 5.75 Å². The second kappa shape index (κ2) is 9.38. The predicted molar refractivity (Wildman–Crippen MR) is 109 cm³/mol. The van der Waals surface area contributed by atoms with Gasteiger partial charge >= 0.3 is 0 Å². The highest BCUT2D eigenvalue weighted by Gasteiger charge is 2.45. The van der Waals surface area contributed by atoms with Gasteiger partial charge in [-0.2, -0.15) is 0 Å². The van der Waals surface area contributed by atoms with E-state index in [1.807, 2.05) is 35.7 Å². The number of aliphatic hydroxyl groups excluding tert-OH is 1. The van der Waals surface area contributed by atoms with E-state index in [0.717, 1.165) is 30.6 Å². The number of carbonyl (C=O) groups is 1. The Hall–Kier alpha value is -1.85. The summed E-state index contributed by atoms with van der Waals surface area (Å²) in [6.07, 6.45) is 3.22. The van der Waals surface area contributed by atoms with Gasteiger partial charge in [-0.05, 0) is 47.9 Å². The molecule has 1 saturated carbocycles. The van der Waals surface area contributed by atoms with Crippen molar-refractivity contribution in [2.75, 3.05) is 13.2 Å². The van der Waals surface area contributed by atoms with Gasteiger partial charge in [-0.15, -0.1) is 11.3 Å². The topological polar surface area (TPSA) is 58.6 Å². The second-order valence-corrected chi connectivity index (χ2v) is 8.46. The molecule has 0 aliphatic heterocycles. The number of rotatable bonds is 10. The molecule has 1 aliphatic rings. The molecule has 1 unspecified atom stereocenters. The third-order valence-electron chi connectivity index (χ3n) is 5.13. The second-order valence-electron chi connectivity index (χ2n) is 7.48. The summed E-state index contributed by atoms with van der Waals surface area (Å²) in [7, 11) is 0. The lowest BCUT2D eigenvalue weighted by Crippen LogP contribution is -2.32. The van der Waals surface area contributed by atoms with Gasteiger partial charge in [0.05, 0.1) is 19.3 Å². The van der Waals surface area contributed by atoms with E-state index in [1.54, 1.807) is 11.3 Å². The van der Waals surface area contributed by atoms with Gasteiger partial charge in [-0.25, -0.2) is 0 Å². The summed E-state index contributed by atoms with van der Waals surface area (Å²) in [6.45, 7) is 4.96. The van der Waals surface area contributed by atoms with E-state index in [2.05, 4.69) is 25.2 Å². The number of hydrogen-bond acceptors (Lipinski definition) is 4. The third kappa shape index (κ3) is 5.33. The van der Waals surface area contributed by atoms with E-state index >= 15 is 0 Å². The highest BCUT2D eigenvalue weighted by atomic mass is 32.1. The summed E-state index contributed by atoms with van der Waals surface area (Å²) < 4.78 is 5.82. The maximum atomic E-state index is 12.5. The van der Waals surface area contributed by atoms with Crippen LogP contribution < -0.4 is 10.1 Å². The van der Waals surface area contributed by atoms with Crippen molar-refractivity contribution < 1.29 is 14.6 Å². The monoisotopic (exact) mass is 387 g/mol. The molecule has 2 aromatic rings. The lowest BCUT2D eigenvalue weighted by atomic mass is 10.1. The van der Waals surface area contributed by atoms with Gasteiger partial charge in [0.2, 0.25) is 5.91 Å². The maximum Gasteiger partial charge on any atom is 0.224 e. The molecule has 27 heavy (non-hydrogen) atoms. The Morgan fingerprint density at radius 3 is 2.74 bits per heavy atom. The number of hydrogen-bond donors (Lipinski definition) is 2. The van der Waals surface area contributed by atoms with Crippen molar-refractivity contribution in [1.29, 1.82) is 0 Å². The Balaban J connectivity index is 1.52. The Bertz CT molecular complexity index is 714. The molecule has 1 aliphatic carbocycles. The van der Waals surface area contributed by atoms with Gasteiger partial charge in [0.25, 0.3) is 0 Å². The first-order chi connectivity index (χ1) is 13.1. The van der Waals surface area contributed by atoms with Crippen LogP contribution in [0.15, 0.2) is 41.8 Å². The maximum absolute atomic E-state index is 12.5. The van der Waals surface area contributed by atoms with Crippen molar-refractivity contribution in [3.63, 3.8) is 0 Å². The van der Waals surface area contributed by atoms with Crippen molar-refractivity contribution in [1.82, 2.24) is 5.32 Å². The lowest BCUT2D eigenvalue weighted by molar-refractivity contribution is -0.123. The predicted octanol–water partition coefficient (Wildman–Crippen LogP) is 4.52. The number of aliphatic hydroxyl groups is 1. The number of amides is 1. The van der Waals surface area contributed by atoms with E-state index < -0.39 is 0 Å². The summed E-state index contributed by atoms with van der Waals surface area (Å²) >= 11 is 1.70. The standard InChI is InChI=1S/C22H29NO3S/c1-3-5-15(2)14-26-17-9-7-16(8-10-17)20(13-24)23-22(25)19-12-18(19)21-6-4-11-27-21/h4,6-11,15,18-20,24H,3,5,12-14H2,1-2H3,(H,23,25)/t15-,18+,19+,20?/m1/s1. The van der Waals surface area contributed by atoms with E-state index in [-0.39, 0.29) is 24.5 Å². The van der Waals surface area contributed by atoms with Gasteiger partial charge in [0.15, 0.2) is 0 Å². The highest BCUT2D eigenvalue weighted by molar-refractivity contribution is 7.10. The van der Waals surface area contributed by atoms with Crippen LogP contribution in [0.1, 0.15) is 55.5 Å². The molecule has 2 N–H and O–H groups in total. The van der Waals surface area contributed by atoms with Crippen LogP contribution in [0.4, 0.5) is 0 Å². The normalized spacial score (nSPS) is 20.7. The fraction of sp³-hybridized carbons (Fsp3) is 0.500. The average molecular weight is 388 g/mol. The van der Waals surface area contributed by atoms with E-state index in [0.29, 0.717) is 18.4 Å². The van der Waals surface area contributed by atoms with E-state index in [9.17, 15) is 9.90 Å². The first kappa shape index (κ1) is 19.9. The number of thiophene rings is 1. The first-order valence-electron chi connectivity index (χ1n) is 9.79. The molecule has 5 heteroatoms. The minimum absolute atomic E-state index is 0.0281. The van der Waals surface area contributed by atoms with Crippen LogP contribution in [0.3, 0.4) is 0 Å². The molecule has 146 valence electrons. The average Bonchev–Trinajstić information content (AvgIpc) is 3.30. The van der Waals surface area contributed by atoms with Crippen LogP contribution in [0.2, 0.25) is 0 Å². The molecule has 4 atom stereocenters. The van der Waals surface area contributed by atoms with Gasteiger partial charge in [-0.3, -0.25) is 4.79 Å². The summed E-state index contributed by atoms with van der Waals surface area (Å²) in [6, 6.07) is 11.4. The molecule has 0 spiro atoms. The van der Waals surface area contributed by atoms with Crippen molar-refractivity contribution in [3.05, 3.63) is 52.2 Å². The van der Waals surface area contributed by atoms with Crippen molar-refractivity contribution in [2.24, 2.45) is 11.8 Å². The fourth-order valence-electron chi connectivity index (χ4n) is 3.43. The van der Waals surface area contributed by atoms with E-state index in [1.165, 1.54) is 4.88 Å². The molecule has 1 fully saturated rings. The van der Waals surface area contributed by atoms with Gasteiger partial charge in [-0.1, -0.05) is 38.5 Å². The van der Waals surface area contributed by atoms with Crippen LogP contribution in [0, 0.1) is 11.8 Å². The lowest BCUT2D eigenvalue weighted by Gasteiger charge is -2.18. The molecule has 1 amide bonds. The molecular weight excluding hydrogens is 358 g/mol. The van der Waals surface area contributed by atoms with Crippen molar-refractivity contribution in [2.45, 2.75) is 45.1 Å². The van der Waals surface area contributed by atoms with E-state index in [4.69, 9.17) is 4.74 Å². The Morgan fingerprint density at radius 1 is 1.33 bits per heavy atom. The van der Waals surface area contributed by atoms with Crippen LogP contribution in [-0.2, 0) is 4.79 Å². The quantitative estimate of drug-likeness (QED) is 0.630. The Labute approximate surface area is 165 Å². The molecular formula is C22H29NO3S. The Morgan fingerprint density at radius 2 is 2.11 bits per heavy atom. The SMILES string of the molecule is CCC[C@@H](C)COc1ccc(C(CO)NC(=O)[C@H]2C[C@@H]2c2cccs2)cc1. The zero-order chi connectivity index (χ0) is 19.2. The fourth-order valence-corrected chi connectivity index (χ4v) is 4.33. The van der Waals surface area contributed by atoms with Crippen molar-refractivity contribution in [3.8, 4) is 5.75 Å². The zero-order valence-corrected chi connectivity index (χ0v) is 16.9. The summed E-state index contributed by atoms with van der Waals surface area (Å²) in [5.41, 5.74) is 0.896. The van der Waals surface area contributed by atoms with Crippen molar-refractivity contribution >= 4 is 17.2 Å². The number of nitrogens with one attached hydrogen (secondary N) is 1. The van der Waals surface area contributed by atoms with Crippen LogP contribution in [0.25, 0.3) is 0 Å². The smallest absolute Gasteiger partial charge is 0.224 e. The number of ether oxygens (including phenoxy) is 1. The van der Waals surface area contributed by atoms with Crippen LogP contribution in [-0.4, -0.2) is 24.2 Å². The minimum atomic E-state index is -0.379. The summed E-state index contributed by atoms with van der Waals surface area (Å²) in [5, 5.41) is 14.8. The van der Waals surface area contributed by atoms with Gasteiger partial charge in [0, 0.05) is 16.7 Å². The molecule has 0 radical (unpaired) electrons. The minimum Gasteiger partial charge on any atom is -0.493 e. The molecule has 1 aromatic carbocycles. The molecule has 1 heterocycles. The summed E-state index contributed by atoms with van der Waals surface area (Å²) in [5.74, 6) is 1.76. The zero-order valence-electron chi connectivity index (χ0n) is 16.1.